The molecular weight excluding hydrogens is 408 g/mol. The van der Waals surface area contributed by atoms with Crippen molar-refractivity contribution in [1.29, 1.82) is 0 Å². The number of carbonyl (C=O) groups excluding carboxylic acids is 1. The first-order chi connectivity index (χ1) is 11.8. The second-order valence-electron chi connectivity index (χ2n) is 3.89. The zero-order chi connectivity index (χ0) is 19.3. The maximum absolute atomic E-state index is 10.1. The summed E-state index contributed by atoms with van der Waals surface area (Å²) in [5.74, 6) is 0. The Morgan fingerprint density at radius 2 is 1.68 bits per heavy atom. The zero-order valence-corrected chi connectivity index (χ0v) is 15.6. The van der Waals surface area contributed by atoms with Gasteiger partial charge in [-0.15, -0.1) is 0 Å². The van der Waals surface area contributed by atoms with E-state index in [1.807, 2.05) is 19.9 Å². The number of carbonyl (C=O) groups is 1. The molecule has 0 aliphatic rings. The van der Waals surface area contributed by atoms with Crippen molar-refractivity contribution in [3.63, 3.8) is 0 Å². The van der Waals surface area contributed by atoms with Gasteiger partial charge >= 0.3 is 0 Å². The molecule has 0 N–H and O–H groups in total. The van der Waals surface area contributed by atoms with Gasteiger partial charge in [-0.25, -0.2) is 0 Å². The van der Waals surface area contributed by atoms with E-state index in [0.29, 0.717) is 5.56 Å². The molecule has 0 atom stereocenters. The number of alkyl halides is 1. The largest absolute Gasteiger partial charge is 0.298 e. The zero-order valence-electron chi connectivity index (χ0n) is 15.5. The number of aldehydes is 1. The molecule has 5 heteroatoms. The highest BCUT2D eigenvalue weighted by molar-refractivity contribution is 9.11. The number of rotatable bonds is 2. The first kappa shape index (κ1) is 15.6. The van der Waals surface area contributed by atoms with Gasteiger partial charge in [-0.3, -0.25) is 14.8 Å². The van der Waals surface area contributed by atoms with Crippen LogP contribution in [0.5, 0.6) is 0 Å². The summed E-state index contributed by atoms with van der Waals surface area (Å²) in [5, 5.41) is 1.06. The molecule has 0 radical (unpaired) electrons. The summed E-state index contributed by atoms with van der Waals surface area (Å²) in [4.78, 5) is 19.5. The van der Waals surface area contributed by atoms with Crippen LogP contribution < -0.4 is 0 Å². The average molecular weight is 431 g/mol. The fourth-order valence-electron chi connectivity index (χ4n) is 1.13. The number of hydrogen-bond donors (Lipinski definition) is 0. The first-order valence-electron chi connectivity index (χ1n) is 7.95. The molecule has 0 aliphatic carbocycles. The van der Waals surface area contributed by atoms with Crippen LogP contribution in [-0.4, -0.2) is 21.6 Å². The Morgan fingerprint density at radius 1 is 1.14 bits per heavy atom. The number of pyridine rings is 2. The van der Waals surface area contributed by atoms with Crippen LogP contribution in [0.4, 0.5) is 0 Å². The van der Waals surface area contributed by atoms with Crippen molar-refractivity contribution >= 4 is 44.2 Å². The molecule has 0 fully saturated rings. The molecule has 0 bridgehead atoms. The number of hydrogen-bond acceptors (Lipinski definition) is 3. The Hall–Kier alpha value is -1.33. The van der Waals surface area contributed by atoms with Crippen LogP contribution in [-0.2, 0) is 0 Å². The predicted molar refractivity (Wildman–Crippen MR) is 101 cm³/mol. The minimum absolute atomic E-state index is 0.124. The molecule has 118 valence electrons. The van der Waals surface area contributed by atoms with Gasteiger partial charge in [-0.1, -0.05) is 44.8 Å². The van der Waals surface area contributed by atoms with Crippen molar-refractivity contribution in [2.75, 3.05) is 5.33 Å². The first-order valence-corrected chi connectivity index (χ1v) is 8.49. The van der Waals surface area contributed by atoms with Gasteiger partial charge in [0.05, 0.1) is 0 Å². The summed E-state index contributed by atoms with van der Waals surface area (Å²) in [6.45, 7) is 1.81. The predicted octanol–water partition coefficient (Wildman–Crippen LogP) is 5.36. The lowest BCUT2D eigenvalue weighted by Gasteiger charge is -1.91. The highest BCUT2D eigenvalue weighted by Gasteiger charge is 1.86. The fourth-order valence-corrected chi connectivity index (χ4v) is 1.43. The Kier molecular flexibility index (Phi) is 9.44. The molecule has 2 aromatic heterocycles. The van der Waals surface area contributed by atoms with E-state index in [9.17, 15) is 4.79 Å². The molecule has 2 heterocycles. The van der Waals surface area contributed by atoms with E-state index in [4.69, 9.17) is 4.11 Å². The van der Waals surface area contributed by atoms with Gasteiger partial charge in [-0.05, 0) is 48.6 Å². The molecule has 0 unspecified atom stereocenters. The van der Waals surface area contributed by atoms with Crippen LogP contribution in [0.1, 0.15) is 38.3 Å². The Bertz CT molecular complexity index is 642. The van der Waals surface area contributed by atoms with Gasteiger partial charge in [0.1, 0.15) is 0 Å². The minimum atomic E-state index is -2.11. The topological polar surface area (TPSA) is 42.9 Å². The van der Waals surface area contributed by atoms with Crippen LogP contribution >= 0.6 is 31.9 Å². The van der Waals surface area contributed by atoms with Crippen molar-refractivity contribution in [1.82, 2.24) is 9.97 Å². The maximum atomic E-state index is 10.1. The lowest BCUT2D eigenvalue weighted by molar-refractivity contribution is 0.112. The van der Waals surface area contributed by atoms with Crippen LogP contribution in [0.3, 0.4) is 0 Å². The highest BCUT2D eigenvalue weighted by atomic mass is 79.9. The van der Waals surface area contributed by atoms with Crippen molar-refractivity contribution < 1.29 is 8.91 Å². The Labute approximate surface area is 153 Å². The third-order valence-corrected chi connectivity index (χ3v) is 2.38. The van der Waals surface area contributed by atoms with Crippen molar-refractivity contribution in [2.45, 2.75) is 20.7 Å². The van der Waals surface area contributed by atoms with Gasteiger partial charge < -0.3 is 0 Å². The monoisotopic (exact) mass is 429 g/mol. The summed E-state index contributed by atoms with van der Waals surface area (Å²) >= 11 is 6.27. The number of nitrogens with zero attached hydrogens (tertiary/aromatic N) is 2. The van der Waals surface area contributed by atoms with Gasteiger partial charge in [0.25, 0.3) is 0 Å². The van der Waals surface area contributed by atoms with Gasteiger partial charge in [0, 0.05) is 38.8 Å². The summed E-state index contributed by atoms with van der Waals surface area (Å²) in [7, 11) is 0. The molecule has 22 heavy (non-hydrogen) atoms. The second-order valence-corrected chi connectivity index (χ2v) is 5.54. The normalized spacial score (nSPS) is 11.9. The number of aromatic nitrogens is 2. The molecule has 0 saturated carbocycles. The van der Waals surface area contributed by atoms with Crippen molar-refractivity contribution in [2.24, 2.45) is 0 Å². The summed E-state index contributed by atoms with van der Waals surface area (Å²) < 4.78 is 21.3. The van der Waals surface area contributed by atoms with E-state index in [0.717, 1.165) is 22.9 Å². The molecule has 0 aromatic carbocycles. The van der Waals surface area contributed by atoms with E-state index < -0.39 is 6.85 Å². The number of halogens is 2. The van der Waals surface area contributed by atoms with Crippen molar-refractivity contribution in [3.05, 3.63) is 64.2 Å². The van der Waals surface area contributed by atoms with Gasteiger partial charge in [0.2, 0.25) is 0 Å². The molecule has 3 nitrogen and oxygen atoms in total. The SMILES string of the molecule is CCBr.Cc1ccc(C=O)cn1.[2H]C([2H])([2H])c1ccc(/C=C\Br)cn1. The summed E-state index contributed by atoms with van der Waals surface area (Å²) in [5.41, 5.74) is 2.55. The third-order valence-electron chi connectivity index (χ3n) is 2.11. The molecule has 0 aliphatic heterocycles. The molecule has 0 saturated heterocycles. The lowest BCUT2D eigenvalue weighted by atomic mass is 10.2. The minimum Gasteiger partial charge on any atom is -0.298 e. The lowest BCUT2D eigenvalue weighted by Crippen LogP contribution is -1.82. The quantitative estimate of drug-likeness (QED) is 0.475. The number of aryl methyl sites for hydroxylation is 2. The van der Waals surface area contributed by atoms with Crippen molar-refractivity contribution in [3.8, 4) is 0 Å². The van der Waals surface area contributed by atoms with E-state index >= 15 is 0 Å². The van der Waals surface area contributed by atoms with E-state index in [2.05, 4.69) is 41.8 Å². The van der Waals surface area contributed by atoms with Crippen LogP contribution in [0.15, 0.2) is 41.6 Å². The fraction of sp³-hybridized carbons (Fsp3) is 0.235. The van der Waals surface area contributed by atoms with Crippen LogP contribution in [0, 0.1) is 13.8 Å². The van der Waals surface area contributed by atoms with E-state index in [1.54, 1.807) is 29.4 Å². The van der Waals surface area contributed by atoms with Crippen LogP contribution in [0.2, 0.25) is 0 Å². The van der Waals surface area contributed by atoms with Gasteiger partial charge in [-0.2, -0.15) is 0 Å². The molecule has 0 amide bonds. The van der Waals surface area contributed by atoms with Crippen LogP contribution in [0.25, 0.3) is 6.08 Å². The standard InChI is InChI=1S/C8H8BrN.C7H7NO.C2H5Br/c1-7-2-3-8(4-5-9)6-10-7;1-6-2-3-7(5-9)4-8-6;1-2-3/h2-6H,1H3;2-5H,1H3;2H2,1H3/b5-4-;;/i1D3;;. The second kappa shape index (κ2) is 13.3. The Balaban J connectivity index is 0.000000417. The Morgan fingerprint density at radius 3 is 2.09 bits per heavy atom. The molecular formula is C17H20Br2N2O. The molecule has 2 aromatic rings. The summed E-state index contributed by atoms with van der Waals surface area (Å²) in [6, 6.07) is 6.78. The molecule has 0 spiro atoms. The highest BCUT2D eigenvalue weighted by Crippen LogP contribution is 2.02. The maximum Gasteiger partial charge on any atom is 0.151 e. The van der Waals surface area contributed by atoms with E-state index in [1.165, 1.54) is 12.3 Å². The summed E-state index contributed by atoms with van der Waals surface area (Å²) in [6.07, 6.45) is 5.66. The van der Waals surface area contributed by atoms with Gasteiger partial charge in [0.15, 0.2) is 6.29 Å². The van der Waals surface area contributed by atoms with E-state index in [-0.39, 0.29) is 5.69 Å². The third kappa shape index (κ3) is 10.4. The smallest absolute Gasteiger partial charge is 0.151 e. The average Bonchev–Trinajstić information content (AvgIpc) is 2.57. The molecule has 2 rings (SSSR count).